The van der Waals surface area contributed by atoms with Crippen molar-refractivity contribution in [2.45, 2.75) is 6.92 Å². The van der Waals surface area contributed by atoms with Gasteiger partial charge in [-0.2, -0.15) is 0 Å². The van der Waals surface area contributed by atoms with E-state index in [1.807, 2.05) is 5.32 Å². The van der Waals surface area contributed by atoms with Gasteiger partial charge in [0.15, 0.2) is 0 Å². The van der Waals surface area contributed by atoms with E-state index in [0.29, 0.717) is 6.41 Å². The molecule has 0 aromatic rings. The Kier molecular flexibility index (Phi) is 3.86. The predicted octanol–water partition coefficient (Wildman–Crippen LogP) is -1.18. The Hall–Kier alpha value is -1.39. The second-order valence-corrected chi connectivity index (χ2v) is 1.46. The fraction of sp³-hybridized carbons (Fsp3) is 0.400. The number of rotatable bonds is 3. The van der Waals surface area contributed by atoms with Crippen molar-refractivity contribution in [1.29, 1.82) is 0 Å². The summed E-state index contributed by atoms with van der Waals surface area (Å²) in [5.41, 5.74) is 0. The molecule has 1 amide bonds. The van der Waals surface area contributed by atoms with Crippen LogP contribution >= 0.6 is 0 Å². The molecule has 0 rings (SSSR count). The van der Waals surface area contributed by atoms with Gasteiger partial charge in [0.2, 0.25) is 6.41 Å². The maximum Gasteiger partial charge on any atom is 0.333 e. The lowest BCUT2D eigenvalue weighted by atomic mass is 10.6. The minimum absolute atomic E-state index is 0.275. The number of hydrogen-bond acceptors (Lipinski definition) is 4. The van der Waals surface area contributed by atoms with Gasteiger partial charge >= 0.3 is 11.9 Å². The molecule has 0 aromatic heterocycles. The minimum Gasteiger partial charge on any atom is -0.392 e. The third-order valence-corrected chi connectivity index (χ3v) is 0.587. The van der Waals surface area contributed by atoms with Crippen LogP contribution in [-0.4, -0.2) is 24.9 Å². The highest BCUT2D eigenvalue weighted by Crippen LogP contribution is 1.75. The van der Waals surface area contributed by atoms with Crippen LogP contribution in [0.15, 0.2) is 0 Å². The van der Waals surface area contributed by atoms with Crippen LogP contribution in [-0.2, 0) is 19.1 Å². The molecule has 56 valence electrons. The largest absolute Gasteiger partial charge is 0.392 e. The average molecular weight is 145 g/mol. The van der Waals surface area contributed by atoms with Crippen molar-refractivity contribution >= 4 is 18.3 Å². The summed E-state index contributed by atoms with van der Waals surface area (Å²) < 4.78 is 4.05. The number of carbonyl (C=O) groups excluding carboxylic acids is 3. The molecule has 0 saturated heterocycles. The minimum atomic E-state index is -0.764. The number of hydrogen-bond donors (Lipinski definition) is 1. The molecule has 0 spiro atoms. The van der Waals surface area contributed by atoms with E-state index in [1.54, 1.807) is 0 Å². The molecule has 0 unspecified atom stereocenters. The van der Waals surface area contributed by atoms with Crippen LogP contribution in [0.25, 0.3) is 0 Å². The third kappa shape index (κ3) is 4.76. The van der Waals surface area contributed by atoms with Gasteiger partial charge < -0.3 is 10.1 Å². The number of amides is 1. The van der Waals surface area contributed by atoms with Crippen LogP contribution < -0.4 is 5.32 Å². The molecule has 5 nitrogen and oxygen atoms in total. The predicted molar refractivity (Wildman–Crippen MR) is 30.8 cm³/mol. The molecule has 0 bridgehead atoms. The summed E-state index contributed by atoms with van der Waals surface area (Å²) in [5.74, 6) is -1.45. The first-order chi connectivity index (χ1) is 4.66. The number of esters is 2. The normalized spacial score (nSPS) is 8.10. The molecule has 0 atom stereocenters. The van der Waals surface area contributed by atoms with Crippen molar-refractivity contribution in [3.8, 4) is 0 Å². The summed E-state index contributed by atoms with van der Waals surface area (Å²) in [6, 6.07) is 0. The fourth-order valence-electron chi connectivity index (χ4n) is 0.321. The lowest BCUT2D eigenvalue weighted by Crippen LogP contribution is -2.24. The standard InChI is InChI=1S/C5H7NO4/c1-4(8)10-5(9)2-6-3-7/h3H,2H2,1H3,(H,6,7). The molecule has 0 aliphatic heterocycles. The van der Waals surface area contributed by atoms with E-state index in [0.717, 1.165) is 6.92 Å². The number of nitrogens with one attached hydrogen (secondary N) is 1. The molecule has 0 aliphatic rings. The Bertz CT molecular complexity index is 154. The number of carbonyl (C=O) groups is 3. The molecule has 1 N–H and O–H groups in total. The molecular formula is C5H7NO4. The number of ether oxygens (including phenoxy) is 1. The zero-order valence-corrected chi connectivity index (χ0v) is 5.42. The molecule has 0 aromatic carbocycles. The van der Waals surface area contributed by atoms with E-state index < -0.39 is 11.9 Å². The second kappa shape index (κ2) is 4.49. The average Bonchev–Trinajstić information content (AvgIpc) is 1.82. The first-order valence-corrected chi connectivity index (χ1v) is 2.55. The maximum absolute atomic E-state index is 10.3. The molecule has 0 fully saturated rings. The Balaban J connectivity index is 3.43. The summed E-state index contributed by atoms with van der Waals surface area (Å²) >= 11 is 0. The Morgan fingerprint density at radius 1 is 1.60 bits per heavy atom. The van der Waals surface area contributed by atoms with Gasteiger partial charge in [-0.15, -0.1) is 0 Å². The Morgan fingerprint density at radius 2 is 2.20 bits per heavy atom. The van der Waals surface area contributed by atoms with Crippen LogP contribution in [0.3, 0.4) is 0 Å². The zero-order valence-electron chi connectivity index (χ0n) is 5.42. The topological polar surface area (TPSA) is 72.5 Å². The van der Waals surface area contributed by atoms with Gasteiger partial charge in [-0.05, 0) is 0 Å². The van der Waals surface area contributed by atoms with E-state index in [9.17, 15) is 14.4 Å². The van der Waals surface area contributed by atoms with E-state index in [4.69, 9.17) is 0 Å². The van der Waals surface area contributed by atoms with Gasteiger partial charge in [-0.25, -0.2) is 4.79 Å². The van der Waals surface area contributed by atoms with Gasteiger partial charge in [-0.3, -0.25) is 9.59 Å². The van der Waals surface area contributed by atoms with Crippen molar-refractivity contribution in [3.63, 3.8) is 0 Å². The Labute approximate surface area is 57.3 Å². The molecule has 0 radical (unpaired) electrons. The fourth-order valence-corrected chi connectivity index (χ4v) is 0.321. The van der Waals surface area contributed by atoms with Gasteiger partial charge in [0.05, 0.1) is 0 Å². The van der Waals surface area contributed by atoms with E-state index >= 15 is 0 Å². The van der Waals surface area contributed by atoms with Crippen molar-refractivity contribution in [2.75, 3.05) is 6.54 Å². The Morgan fingerprint density at radius 3 is 2.60 bits per heavy atom. The first-order valence-electron chi connectivity index (χ1n) is 2.55. The zero-order chi connectivity index (χ0) is 7.98. The quantitative estimate of drug-likeness (QED) is 0.308. The highest BCUT2D eigenvalue weighted by atomic mass is 16.6. The van der Waals surface area contributed by atoms with Crippen LogP contribution in [0.2, 0.25) is 0 Å². The van der Waals surface area contributed by atoms with Crippen molar-refractivity contribution in [3.05, 3.63) is 0 Å². The van der Waals surface area contributed by atoms with Crippen molar-refractivity contribution in [2.24, 2.45) is 0 Å². The SMILES string of the molecule is CC(=O)OC(=O)CNC=O. The highest BCUT2D eigenvalue weighted by Gasteiger charge is 2.02. The smallest absolute Gasteiger partial charge is 0.333 e. The summed E-state index contributed by atoms with van der Waals surface area (Å²) in [7, 11) is 0. The third-order valence-electron chi connectivity index (χ3n) is 0.587. The van der Waals surface area contributed by atoms with Crippen LogP contribution in [0.4, 0.5) is 0 Å². The first kappa shape index (κ1) is 8.61. The van der Waals surface area contributed by atoms with Gasteiger partial charge in [0.25, 0.3) is 0 Å². The monoisotopic (exact) mass is 145 g/mol. The lowest BCUT2D eigenvalue weighted by Gasteiger charge is -1.96. The second-order valence-electron chi connectivity index (χ2n) is 1.46. The van der Waals surface area contributed by atoms with Crippen molar-refractivity contribution in [1.82, 2.24) is 5.32 Å². The summed E-state index contributed by atoms with van der Waals surface area (Å²) in [5, 5.41) is 2.05. The van der Waals surface area contributed by atoms with Gasteiger partial charge in [0.1, 0.15) is 6.54 Å². The van der Waals surface area contributed by atoms with E-state index in [1.165, 1.54) is 0 Å². The molecular weight excluding hydrogens is 138 g/mol. The molecule has 0 saturated carbocycles. The van der Waals surface area contributed by atoms with Crippen LogP contribution in [0.1, 0.15) is 6.92 Å². The van der Waals surface area contributed by atoms with Crippen LogP contribution in [0, 0.1) is 0 Å². The maximum atomic E-state index is 10.3. The van der Waals surface area contributed by atoms with Gasteiger partial charge in [-0.1, -0.05) is 0 Å². The summed E-state index contributed by atoms with van der Waals surface area (Å²) in [4.78, 5) is 30.0. The van der Waals surface area contributed by atoms with E-state index in [2.05, 4.69) is 4.74 Å². The summed E-state index contributed by atoms with van der Waals surface area (Å²) in [6.07, 6.45) is 0.349. The molecule has 0 heterocycles. The lowest BCUT2D eigenvalue weighted by molar-refractivity contribution is -0.157. The van der Waals surface area contributed by atoms with Gasteiger partial charge in [0, 0.05) is 6.92 Å². The molecule has 0 aliphatic carbocycles. The highest BCUT2D eigenvalue weighted by molar-refractivity contribution is 5.85. The van der Waals surface area contributed by atoms with Crippen molar-refractivity contribution < 1.29 is 19.1 Å². The van der Waals surface area contributed by atoms with E-state index in [-0.39, 0.29) is 6.54 Å². The van der Waals surface area contributed by atoms with Crippen LogP contribution in [0.5, 0.6) is 0 Å². The summed E-state index contributed by atoms with van der Waals surface area (Å²) in [6.45, 7) is 0.835. The molecule has 10 heavy (non-hydrogen) atoms. The molecule has 5 heteroatoms.